The highest BCUT2D eigenvalue weighted by Gasteiger charge is 2.35. The number of nitrogens with zero attached hydrogens (tertiary/aromatic N) is 1. The molecule has 0 aromatic heterocycles. The van der Waals surface area contributed by atoms with E-state index >= 15 is 0 Å². The second-order valence-electron chi connectivity index (χ2n) is 4.80. The lowest BCUT2D eigenvalue weighted by atomic mass is 10.0. The van der Waals surface area contributed by atoms with Gasteiger partial charge in [0.05, 0.1) is 10.0 Å². The Morgan fingerprint density at radius 3 is 2.42 bits per heavy atom. The monoisotopic (exact) mass is 322 g/mol. The van der Waals surface area contributed by atoms with Crippen molar-refractivity contribution in [3.8, 4) is 0 Å². The lowest BCUT2D eigenvalue weighted by Gasteiger charge is -2.35. The highest BCUT2D eigenvalue weighted by Crippen LogP contribution is 2.34. The van der Waals surface area contributed by atoms with Crippen LogP contribution in [0.15, 0.2) is 23.1 Å². The van der Waals surface area contributed by atoms with Gasteiger partial charge in [-0.2, -0.15) is 4.31 Å². The second kappa shape index (κ2) is 5.58. The third-order valence-corrected chi connectivity index (χ3v) is 6.31. The summed E-state index contributed by atoms with van der Waals surface area (Å²) < 4.78 is 26.8. The number of benzene rings is 1. The number of piperidine rings is 1. The van der Waals surface area contributed by atoms with Crippen LogP contribution < -0.4 is 5.73 Å². The average Bonchev–Trinajstić information content (AvgIpc) is 2.27. The van der Waals surface area contributed by atoms with Crippen LogP contribution in [-0.2, 0) is 10.0 Å². The van der Waals surface area contributed by atoms with Gasteiger partial charge in [0, 0.05) is 18.6 Å². The minimum Gasteiger partial charge on any atom is -0.328 e. The molecular weight excluding hydrogens is 307 g/mol. The number of sulfonamides is 1. The van der Waals surface area contributed by atoms with Crippen molar-refractivity contribution in [3.63, 3.8) is 0 Å². The molecule has 1 aliphatic rings. The number of rotatable bonds is 2. The molecule has 1 heterocycles. The second-order valence-corrected chi connectivity index (χ2v) is 7.44. The predicted molar refractivity (Wildman–Crippen MR) is 77.0 cm³/mol. The van der Waals surface area contributed by atoms with Gasteiger partial charge in [-0.05, 0) is 31.9 Å². The summed E-state index contributed by atoms with van der Waals surface area (Å²) in [5, 5.41) is 0.296. The maximum Gasteiger partial charge on any atom is 0.246 e. The van der Waals surface area contributed by atoms with E-state index in [9.17, 15) is 8.42 Å². The van der Waals surface area contributed by atoms with Gasteiger partial charge in [-0.25, -0.2) is 8.42 Å². The molecule has 1 saturated heterocycles. The van der Waals surface area contributed by atoms with Gasteiger partial charge in [0.15, 0.2) is 0 Å². The lowest BCUT2D eigenvalue weighted by Crippen LogP contribution is -2.48. The molecule has 2 rings (SSSR count). The van der Waals surface area contributed by atoms with Crippen LogP contribution in [0, 0.1) is 0 Å². The molecule has 0 unspecified atom stereocenters. The minimum atomic E-state index is -3.68. The first-order chi connectivity index (χ1) is 8.84. The molecule has 2 atom stereocenters. The highest BCUT2D eigenvalue weighted by molar-refractivity contribution is 7.89. The van der Waals surface area contributed by atoms with E-state index in [4.69, 9.17) is 28.9 Å². The summed E-state index contributed by atoms with van der Waals surface area (Å²) in [6, 6.07) is 4.57. The van der Waals surface area contributed by atoms with E-state index < -0.39 is 10.0 Å². The third-order valence-electron chi connectivity index (χ3n) is 3.34. The van der Waals surface area contributed by atoms with Gasteiger partial charge in [-0.3, -0.25) is 0 Å². The molecule has 1 fully saturated rings. The fraction of sp³-hybridized carbons (Fsp3) is 0.500. The molecule has 1 aromatic rings. The first kappa shape index (κ1) is 15.1. The Hall–Kier alpha value is -0.330. The molecule has 1 aliphatic heterocycles. The average molecular weight is 323 g/mol. The number of halogens is 2. The van der Waals surface area contributed by atoms with Crippen molar-refractivity contribution in [2.24, 2.45) is 5.73 Å². The van der Waals surface area contributed by atoms with Crippen LogP contribution in [0.5, 0.6) is 0 Å². The zero-order chi connectivity index (χ0) is 14.2. The van der Waals surface area contributed by atoms with Crippen LogP contribution in [0.3, 0.4) is 0 Å². The van der Waals surface area contributed by atoms with E-state index in [1.54, 1.807) is 6.07 Å². The van der Waals surface area contributed by atoms with Crippen LogP contribution in [0.4, 0.5) is 0 Å². The quantitative estimate of drug-likeness (QED) is 0.909. The molecule has 106 valence electrons. The Morgan fingerprint density at radius 1 is 1.32 bits per heavy atom. The molecule has 0 amide bonds. The molecule has 2 N–H and O–H groups in total. The molecule has 1 aromatic carbocycles. The van der Waals surface area contributed by atoms with Gasteiger partial charge in [0.2, 0.25) is 10.0 Å². The normalized spacial score (nSPS) is 25.5. The zero-order valence-corrected chi connectivity index (χ0v) is 12.8. The molecule has 0 radical (unpaired) electrons. The van der Waals surface area contributed by atoms with Crippen molar-refractivity contribution in [2.45, 2.75) is 36.7 Å². The molecule has 0 aliphatic carbocycles. The van der Waals surface area contributed by atoms with E-state index in [2.05, 4.69) is 0 Å². The van der Waals surface area contributed by atoms with Crippen LogP contribution in [0.25, 0.3) is 0 Å². The standard InChI is InChI=1S/C12H16Cl2N2O2S/c1-8-7-9(15)5-6-16(8)19(17,18)12-10(13)3-2-4-11(12)14/h2-4,8-9H,5-7,15H2,1H3/t8-,9+/m1/s1. The van der Waals surface area contributed by atoms with Gasteiger partial charge in [0.1, 0.15) is 4.90 Å². The molecule has 0 spiro atoms. The largest absolute Gasteiger partial charge is 0.328 e. The van der Waals surface area contributed by atoms with Crippen LogP contribution in [0.2, 0.25) is 10.0 Å². The Kier molecular flexibility index (Phi) is 4.42. The van der Waals surface area contributed by atoms with E-state index in [0.29, 0.717) is 19.4 Å². The van der Waals surface area contributed by atoms with Gasteiger partial charge >= 0.3 is 0 Å². The zero-order valence-electron chi connectivity index (χ0n) is 10.5. The Morgan fingerprint density at radius 2 is 1.89 bits per heavy atom. The number of nitrogens with two attached hydrogens (primary N) is 1. The van der Waals surface area contributed by atoms with Crippen molar-refractivity contribution in [1.82, 2.24) is 4.31 Å². The Labute approximate surface area is 123 Å². The third kappa shape index (κ3) is 2.90. The summed E-state index contributed by atoms with van der Waals surface area (Å²) in [7, 11) is -3.68. The predicted octanol–water partition coefficient (Wildman–Crippen LogP) is 2.49. The molecule has 7 heteroatoms. The van der Waals surface area contributed by atoms with Crippen molar-refractivity contribution in [3.05, 3.63) is 28.2 Å². The van der Waals surface area contributed by atoms with Crippen LogP contribution in [0.1, 0.15) is 19.8 Å². The first-order valence-corrected chi connectivity index (χ1v) is 8.25. The van der Waals surface area contributed by atoms with Gasteiger partial charge in [-0.1, -0.05) is 29.3 Å². The van der Waals surface area contributed by atoms with Gasteiger partial charge in [-0.15, -0.1) is 0 Å². The van der Waals surface area contributed by atoms with Crippen LogP contribution in [-0.4, -0.2) is 31.4 Å². The van der Waals surface area contributed by atoms with Gasteiger partial charge in [0.25, 0.3) is 0 Å². The molecule has 0 saturated carbocycles. The van der Waals surface area contributed by atoms with E-state index in [1.165, 1.54) is 16.4 Å². The topological polar surface area (TPSA) is 63.4 Å². The van der Waals surface area contributed by atoms with E-state index in [0.717, 1.165) is 0 Å². The summed E-state index contributed by atoms with van der Waals surface area (Å²) in [6.07, 6.45) is 1.28. The molecule has 4 nitrogen and oxygen atoms in total. The summed E-state index contributed by atoms with van der Waals surface area (Å²) >= 11 is 12.0. The fourth-order valence-corrected chi connectivity index (χ4v) is 5.14. The van der Waals surface area contributed by atoms with Gasteiger partial charge < -0.3 is 5.73 Å². The maximum atomic E-state index is 12.7. The lowest BCUT2D eigenvalue weighted by molar-refractivity contribution is 0.247. The summed E-state index contributed by atoms with van der Waals surface area (Å²) in [5.41, 5.74) is 5.86. The van der Waals surface area contributed by atoms with Crippen LogP contribution >= 0.6 is 23.2 Å². The number of hydrogen-bond donors (Lipinski definition) is 1. The van der Waals surface area contributed by atoms with Crippen molar-refractivity contribution < 1.29 is 8.42 Å². The molecular formula is C12H16Cl2N2O2S. The summed E-state index contributed by atoms with van der Waals surface area (Å²) in [4.78, 5) is -0.0133. The Bertz CT molecular complexity index is 557. The maximum absolute atomic E-state index is 12.7. The SMILES string of the molecule is C[C@@H]1C[C@@H](N)CCN1S(=O)(=O)c1c(Cl)cccc1Cl. The summed E-state index contributed by atoms with van der Waals surface area (Å²) in [6.45, 7) is 2.24. The smallest absolute Gasteiger partial charge is 0.246 e. The number of hydrogen-bond acceptors (Lipinski definition) is 3. The first-order valence-electron chi connectivity index (χ1n) is 6.05. The highest BCUT2D eigenvalue weighted by atomic mass is 35.5. The fourth-order valence-electron chi connectivity index (χ4n) is 2.39. The van der Waals surface area contributed by atoms with Crippen molar-refractivity contribution in [2.75, 3.05) is 6.54 Å². The van der Waals surface area contributed by atoms with Crippen molar-refractivity contribution in [1.29, 1.82) is 0 Å². The Balaban J connectivity index is 2.43. The van der Waals surface area contributed by atoms with Crippen molar-refractivity contribution >= 4 is 33.2 Å². The molecule has 0 bridgehead atoms. The van der Waals surface area contributed by atoms with E-state index in [-0.39, 0.29) is 27.0 Å². The van der Waals surface area contributed by atoms with E-state index in [1.807, 2.05) is 6.92 Å². The molecule has 19 heavy (non-hydrogen) atoms. The minimum absolute atomic E-state index is 0.0133. The summed E-state index contributed by atoms with van der Waals surface area (Å²) in [5.74, 6) is 0.